The van der Waals surface area contributed by atoms with Crippen LogP contribution in [0.4, 0.5) is 0 Å². The van der Waals surface area contributed by atoms with Crippen LogP contribution >= 0.6 is 0 Å². The number of unbranched alkanes of at least 4 members (excludes halogenated alkanes) is 4. The van der Waals surface area contributed by atoms with Gasteiger partial charge >= 0.3 is 0 Å². The summed E-state index contributed by atoms with van der Waals surface area (Å²) in [6.45, 7) is 7.88. The molecule has 1 rings (SSSR count). The SMILES string of the molecule is CCCCCC/C=C/[C@H]1OC(C)(C)O[C@@H]1C#CC#C[C@@H](O)CC. The fourth-order valence-electron chi connectivity index (χ4n) is 2.29. The predicted molar refractivity (Wildman–Crippen MR) is 93.6 cm³/mol. The lowest BCUT2D eigenvalue weighted by Crippen LogP contribution is -2.20. The van der Waals surface area contributed by atoms with Crippen molar-refractivity contribution in [1.29, 1.82) is 0 Å². The maximum absolute atomic E-state index is 9.38. The molecule has 1 heterocycles. The minimum absolute atomic E-state index is 0.165. The predicted octanol–water partition coefficient (Wildman–Crippen LogP) is 3.81. The van der Waals surface area contributed by atoms with Gasteiger partial charge in [0.15, 0.2) is 11.9 Å². The third kappa shape index (κ3) is 8.24. The topological polar surface area (TPSA) is 38.7 Å². The van der Waals surface area contributed by atoms with Crippen LogP contribution in [0.2, 0.25) is 0 Å². The van der Waals surface area contributed by atoms with Crippen LogP contribution in [0.25, 0.3) is 0 Å². The summed E-state index contributed by atoms with van der Waals surface area (Å²) in [5, 5.41) is 9.38. The molecule has 23 heavy (non-hydrogen) atoms. The van der Waals surface area contributed by atoms with Crippen molar-refractivity contribution in [1.82, 2.24) is 0 Å². The van der Waals surface area contributed by atoms with Gasteiger partial charge in [0.1, 0.15) is 12.2 Å². The van der Waals surface area contributed by atoms with Gasteiger partial charge in [-0.3, -0.25) is 0 Å². The lowest BCUT2D eigenvalue weighted by atomic mass is 10.1. The molecule has 1 saturated heterocycles. The molecular formula is C20H30O3. The maximum Gasteiger partial charge on any atom is 0.165 e. The van der Waals surface area contributed by atoms with Crippen LogP contribution in [-0.4, -0.2) is 29.2 Å². The Morgan fingerprint density at radius 2 is 1.91 bits per heavy atom. The van der Waals surface area contributed by atoms with E-state index in [0.717, 1.165) is 6.42 Å². The summed E-state index contributed by atoms with van der Waals surface area (Å²) in [6.07, 6.45) is 9.80. The van der Waals surface area contributed by atoms with Crippen molar-refractivity contribution in [3.63, 3.8) is 0 Å². The molecule has 1 aliphatic heterocycles. The van der Waals surface area contributed by atoms with Crippen LogP contribution in [0.15, 0.2) is 12.2 Å². The normalized spacial score (nSPS) is 23.9. The first kappa shape index (κ1) is 19.8. The zero-order valence-electron chi connectivity index (χ0n) is 14.9. The molecule has 0 spiro atoms. The van der Waals surface area contributed by atoms with Gasteiger partial charge in [-0.15, -0.1) is 0 Å². The van der Waals surface area contributed by atoms with Gasteiger partial charge in [-0.2, -0.15) is 0 Å². The van der Waals surface area contributed by atoms with E-state index in [4.69, 9.17) is 9.47 Å². The van der Waals surface area contributed by atoms with Crippen LogP contribution in [0.5, 0.6) is 0 Å². The summed E-state index contributed by atoms with van der Waals surface area (Å²) >= 11 is 0. The minimum atomic E-state index is -0.632. The Labute approximate surface area is 141 Å². The molecule has 0 bridgehead atoms. The van der Waals surface area contributed by atoms with Gasteiger partial charge < -0.3 is 14.6 Å². The Hall–Kier alpha value is -1.26. The lowest BCUT2D eigenvalue weighted by molar-refractivity contribution is -0.138. The quantitative estimate of drug-likeness (QED) is 0.441. The Kier molecular flexibility index (Phi) is 9.03. The summed E-state index contributed by atoms with van der Waals surface area (Å²) in [5.74, 6) is 10.5. The van der Waals surface area contributed by atoms with Gasteiger partial charge in [0.25, 0.3) is 0 Å². The first-order valence-electron chi connectivity index (χ1n) is 8.70. The number of rotatable bonds is 7. The number of aliphatic hydroxyl groups excluding tert-OH is 1. The van der Waals surface area contributed by atoms with Crippen LogP contribution in [0.3, 0.4) is 0 Å². The van der Waals surface area contributed by atoms with Crippen molar-refractivity contribution in [2.75, 3.05) is 0 Å². The number of hydrogen-bond donors (Lipinski definition) is 1. The van der Waals surface area contributed by atoms with Gasteiger partial charge in [0, 0.05) is 0 Å². The summed E-state index contributed by atoms with van der Waals surface area (Å²) in [7, 11) is 0. The Balaban J connectivity index is 2.56. The summed E-state index contributed by atoms with van der Waals surface area (Å²) in [4.78, 5) is 0. The minimum Gasteiger partial charge on any atom is -0.380 e. The highest BCUT2D eigenvalue weighted by molar-refractivity contribution is 5.30. The van der Waals surface area contributed by atoms with Crippen molar-refractivity contribution >= 4 is 0 Å². The Morgan fingerprint density at radius 3 is 2.61 bits per heavy atom. The standard InChI is InChI=1S/C20H30O3/c1-5-7-8-9-10-11-15-18-19(23-20(3,4)22-18)16-13-12-14-17(21)6-2/h11,15,17-19,21H,5-10H2,1-4H3/b15-11+/t17-,18+,19+/m0/s1. The van der Waals surface area contributed by atoms with Crippen LogP contribution in [0.1, 0.15) is 66.2 Å². The first-order valence-corrected chi connectivity index (χ1v) is 8.70. The average Bonchev–Trinajstić information content (AvgIpc) is 2.81. The molecule has 0 saturated carbocycles. The van der Waals surface area contributed by atoms with E-state index in [2.05, 4.69) is 36.7 Å². The highest BCUT2D eigenvalue weighted by atomic mass is 16.7. The van der Waals surface area contributed by atoms with Crippen molar-refractivity contribution in [3.8, 4) is 23.7 Å². The van der Waals surface area contributed by atoms with E-state index >= 15 is 0 Å². The zero-order valence-corrected chi connectivity index (χ0v) is 14.9. The molecule has 1 fully saturated rings. The second kappa shape index (κ2) is 10.5. The second-order valence-corrected chi connectivity index (χ2v) is 6.26. The second-order valence-electron chi connectivity index (χ2n) is 6.26. The zero-order chi connectivity index (χ0) is 17.1. The molecule has 1 N–H and O–H groups in total. The van der Waals surface area contributed by atoms with Gasteiger partial charge in [0.05, 0.1) is 0 Å². The molecule has 0 aromatic carbocycles. The van der Waals surface area contributed by atoms with Crippen molar-refractivity contribution < 1.29 is 14.6 Å². The smallest absolute Gasteiger partial charge is 0.165 e. The lowest BCUT2D eigenvalue weighted by Gasteiger charge is -2.15. The van der Waals surface area contributed by atoms with E-state index < -0.39 is 11.9 Å². The fraction of sp³-hybridized carbons (Fsp3) is 0.700. The number of hydrogen-bond acceptors (Lipinski definition) is 3. The van der Waals surface area contributed by atoms with Crippen LogP contribution in [-0.2, 0) is 9.47 Å². The molecule has 3 heteroatoms. The molecule has 3 atom stereocenters. The van der Waals surface area contributed by atoms with E-state index in [1.54, 1.807) is 0 Å². The van der Waals surface area contributed by atoms with Gasteiger partial charge in [-0.05, 0) is 45.0 Å². The van der Waals surface area contributed by atoms with Gasteiger partial charge in [-0.25, -0.2) is 0 Å². The maximum atomic E-state index is 9.38. The van der Waals surface area contributed by atoms with Gasteiger partial charge in [0.2, 0.25) is 0 Å². The summed E-state index contributed by atoms with van der Waals surface area (Å²) in [5.41, 5.74) is 0. The van der Waals surface area contributed by atoms with E-state index in [-0.39, 0.29) is 12.2 Å². The molecule has 128 valence electrons. The van der Waals surface area contributed by atoms with E-state index in [1.165, 1.54) is 25.7 Å². The molecule has 3 nitrogen and oxygen atoms in total. The van der Waals surface area contributed by atoms with Crippen LogP contribution in [0, 0.1) is 23.7 Å². The average molecular weight is 318 g/mol. The van der Waals surface area contributed by atoms with Crippen molar-refractivity contribution in [2.24, 2.45) is 0 Å². The van der Waals surface area contributed by atoms with E-state index in [9.17, 15) is 5.11 Å². The molecule has 0 aromatic rings. The molecule has 1 aliphatic rings. The summed E-state index contributed by atoms with van der Waals surface area (Å²) in [6, 6.07) is 0. The number of ether oxygens (including phenoxy) is 2. The molecule has 0 aliphatic carbocycles. The summed E-state index contributed by atoms with van der Waals surface area (Å²) < 4.78 is 11.7. The molecule has 0 aromatic heterocycles. The largest absolute Gasteiger partial charge is 0.380 e. The first-order chi connectivity index (χ1) is 11.0. The van der Waals surface area contributed by atoms with E-state index in [1.807, 2.05) is 26.8 Å². The third-order valence-corrected chi connectivity index (χ3v) is 3.58. The molecule has 0 amide bonds. The molecule has 0 radical (unpaired) electrons. The van der Waals surface area contributed by atoms with Crippen molar-refractivity contribution in [3.05, 3.63) is 12.2 Å². The van der Waals surface area contributed by atoms with E-state index in [0.29, 0.717) is 6.42 Å². The monoisotopic (exact) mass is 318 g/mol. The highest BCUT2D eigenvalue weighted by Crippen LogP contribution is 2.28. The number of allylic oxidation sites excluding steroid dienone is 1. The van der Waals surface area contributed by atoms with Gasteiger partial charge in [-0.1, -0.05) is 57.1 Å². The van der Waals surface area contributed by atoms with Crippen molar-refractivity contribution in [2.45, 2.75) is 90.3 Å². The van der Waals surface area contributed by atoms with Crippen LogP contribution < -0.4 is 0 Å². The fourth-order valence-corrected chi connectivity index (χ4v) is 2.29. The molecule has 0 unspecified atom stereocenters. The highest BCUT2D eigenvalue weighted by Gasteiger charge is 2.38. The number of aliphatic hydroxyl groups is 1. The molecular weight excluding hydrogens is 288 g/mol. The Bertz CT molecular complexity index is 484. The Morgan fingerprint density at radius 1 is 1.13 bits per heavy atom. The third-order valence-electron chi connectivity index (χ3n) is 3.58.